The van der Waals surface area contributed by atoms with Crippen LogP contribution in [0.2, 0.25) is 0 Å². The molecule has 0 saturated carbocycles. The van der Waals surface area contributed by atoms with Crippen LogP contribution in [-0.2, 0) is 14.3 Å². The number of nitrogens with one attached hydrogen (secondary N) is 2. The largest absolute Gasteiger partial charge is 0.396 e. The molecule has 0 bridgehead atoms. The summed E-state index contributed by atoms with van der Waals surface area (Å²) < 4.78 is 6.07. The summed E-state index contributed by atoms with van der Waals surface area (Å²) >= 11 is 0. The van der Waals surface area contributed by atoms with Gasteiger partial charge < -0.3 is 30.7 Å². The van der Waals surface area contributed by atoms with E-state index in [0.29, 0.717) is 19.4 Å². The zero-order valence-electron chi connectivity index (χ0n) is 22.4. The Morgan fingerprint density at radius 1 is 0.818 bits per heavy atom. The molecule has 196 valence electrons. The van der Waals surface area contributed by atoms with Gasteiger partial charge in [-0.25, -0.2) is 0 Å². The Morgan fingerprint density at radius 3 is 1.88 bits per heavy atom. The van der Waals surface area contributed by atoms with Gasteiger partial charge in [0.05, 0.1) is 11.7 Å². The van der Waals surface area contributed by atoms with E-state index in [1.54, 1.807) is 13.8 Å². The van der Waals surface area contributed by atoms with E-state index in [2.05, 4.69) is 45.3 Å². The monoisotopic (exact) mass is 474 g/mol. The van der Waals surface area contributed by atoms with Crippen LogP contribution in [0.3, 0.4) is 0 Å². The van der Waals surface area contributed by atoms with Gasteiger partial charge in [-0.05, 0) is 79.1 Å². The van der Waals surface area contributed by atoms with Crippen molar-refractivity contribution in [1.29, 1.82) is 0 Å². The fourth-order valence-electron chi connectivity index (χ4n) is 3.19. The summed E-state index contributed by atoms with van der Waals surface area (Å²) in [6, 6.07) is 0. The summed E-state index contributed by atoms with van der Waals surface area (Å²) in [5, 5.41) is 34.8. The summed E-state index contributed by atoms with van der Waals surface area (Å²) in [5.41, 5.74) is -1.19. The van der Waals surface area contributed by atoms with Gasteiger partial charge in [0.1, 0.15) is 0 Å². The van der Waals surface area contributed by atoms with Crippen LogP contribution in [0.5, 0.6) is 0 Å². The van der Waals surface area contributed by atoms with Crippen LogP contribution < -0.4 is 10.6 Å². The number of hydrogen-bond acceptors (Lipinski definition) is 6. The first-order chi connectivity index (χ1) is 14.8. The van der Waals surface area contributed by atoms with Crippen LogP contribution in [0.1, 0.15) is 101 Å². The van der Waals surface area contributed by atoms with Crippen molar-refractivity contribution >= 4 is 11.8 Å². The average Bonchev–Trinajstić information content (AvgIpc) is 2.62. The summed E-state index contributed by atoms with van der Waals surface area (Å²) in [5.74, 6) is -0.993. The molecule has 0 radical (unpaired) electrons. The lowest BCUT2D eigenvalue weighted by atomic mass is 9.86. The zero-order valence-corrected chi connectivity index (χ0v) is 22.4. The normalized spacial score (nSPS) is 15.2. The molecule has 8 heteroatoms. The van der Waals surface area contributed by atoms with Crippen molar-refractivity contribution in [2.24, 2.45) is 5.41 Å². The first-order valence-electron chi connectivity index (χ1n) is 12.0. The molecule has 0 heterocycles. The zero-order chi connectivity index (χ0) is 26.1. The van der Waals surface area contributed by atoms with Gasteiger partial charge >= 0.3 is 0 Å². The summed E-state index contributed by atoms with van der Waals surface area (Å²) in [6.07, 6.45) is -0.121. The molecular weight excluding hydrogens is 424 g/mol. The molecule has 0 aliphatic carbocycles. The lowest BCUT2D eigenvalue weighted by molar-refractivity contribution is -0.138. The maximum atomic E-state index is 12.4. The van der Waals surface area contributed by atoms with Gasteiger partial charge in [-0.1, -0.05) is 20.8 Å². The highest BCUT2D eigenvalue weighted by Crippen LogP contribution is 2.27. The highest BCUT2D eigenvalue weighted by molar-refractivity contribution is 5.82. The molecule has 0 aliphatic rings. The summed E-state index contributed by atoms with van der Waals surface area (Å²) in [6.45, 7) is 18.5. The predicted molar refractivity (Wildman–Crippen MR) is 131 cm³/mol. The highest BCUT2D eigenvalue weighted by Gasteiger charge is 2.30. The maximum Gasteiger partial charge on any atom is 0.251 e. The van der Waals surface area contributed by atoms with Gasteiger partial charge in [-0.2, -0.15) is 0 Å². The Morgan fingerprint density at radius 2 is 1.36 bits per heavy atom. The van der Waals surface area contributed by atoms with E-state index >= 15 is 0 Å². The van der Waals surface area contributed by atoms with Crippen molar-refractivity contribution < 1.29 is 29.6 Å². The van der Waals surface area contributed by atoms with Crippen LogP contribution >= 0.6 is 0 Å². The van der Waals surface area contributed by atoms with Gasteiger partial charge in [0.15, 0.2) is 6.10 Å². The van der Waals surface area contributed by atoms with Gasteiger partial charge in [-0.15, -0.1) is 0 Å². The smallest absolute Gasteiger partial charge is 0.251 e. The quantitative estimate of drug-likeness (QED) is 0.248. The lowest BCUT2D eigenvalue weighted by Crippen LogP contribution is -2.51. The molecule has 0 aromatic heterocycles. The third kappa shape index (κ3) is 15.3. The molecule has 5 N–H and O–H groups in total. The van der Waals surface area contributed by atoms with Gasteiger partial charge in [0.2, 0.25) is 5.91 Å². The van der Waals surface area contributed by atoms with Crippen molar-refractivity contribution in [3.8, 4) is 0 Å². The van der Waals surface area contributed by atoms with Gasteiger partial charge in [-0.3, -0.25) is 9.59 Å². The second-order valence-electron chi connectivity index (χ2n) is 12.2. The van der Waals surface area contributed by atoms with E-state index in [1.807, 2.05) is 13.8 Å². The minimum atomic E-state index is -1.65. The van der Waals surface area contributed by atoms with E-state index in [1.165, 1.54) is 0 Å². The Labute approximate surface area is 200 Å². The van der Waals surface area contributed by atoms with E-state index in [9.17, 15) is 19.8 Å². The lowest BCUT2D eigenvalue weighted by Gasteiger charge is -2.32. The molecule has 0 aromatic rings. The fraction of sp³-hybridized carbons (Fsp3) is 0.920. The van der Waals surface area contributed by atoms with Crippen LogP contribution in [0, 0.1) is 5.41 Å². The van der Waals surface area contributed by atoms with E-state index in [0.717, 1.165) is 12.8 Å². The van der Waals surface area contributed by atoms with Gasteiger partial charge in [0, 0.05) is 30.7 Å². The van der Waals surface area contributed by atoms with Crippen LogP contribution in [-0.4, -0.2) is 69.2 Å². The molecule has 0 unspecified atom stereocenters. The summed E-state index contributed by atoms with van der Waals surface area (Å²) in [7, 11) is 0. The number of rotatable bonds is 15. The second kappa shape index (κ2) is 13.0. The van der Waals surface area contributed by atoms with Crippen LogP contribution in [0.15, 0.2) is 0 Å². The first-order valence-corrected chi connectivity index (χ1v) is 12.0. The number of ether oxygens (including phenoxy) is 1. The van der Waals surface area contributed by atoms with E-state index in [-0.39, 0.29) is 36.4 Å². The molecule has 0 rings (SSSR count). The Bertz CT molecular complexity index is 611. The molecule has 2 amide bonds. The van der Waals surface area contributed by atoms with Crippen molar-refractivity contribution in [2.45, 2.75) is 130 Å². The molecule has 0 fully saturated rings. The molecule has 8 nitrogen and oxygen atoms in total. The standard InChI is InChI=1S/C25H50N2O6/c1-22(2,3)12-13-25(8,9)33-17-15-24(6,7)26-19(30)11-10-18(29)20(31)21(32)27-23(4,5)14-16-28/h18,20,28-29,31H,10-17H2,1-9H3,(H,26,30)(H,27,32)/t18-,20+/m0/s1. The predicted octanol–water partition coefficient (Wildman–Crippen LogP) is 2.67. The van der Waals surface area contributed by atoms with Crippen molar-refractivity contribution in [1.82, 2.24) is 10.6 Å². The van der Waals surface area contributed by atoms with Crippen molar-refractivity contribution in [2.75, 3.05) is 13.2 Å². The SMILES string of the molecule is CC(C)(C)CCC(C)(C)OCCC(C)(C)NC(=O)CC[C@H](O)[C@@H](O)C(=O)NC(C)(C)CCO. The number of hydrogen-bond donors (Lipinski definition) is 5. The molecule has 0 saturated heterocycles. The minimum absolute atomic E-state index is 0.0209. The van der Waals surface area contributed by atoms with Crippen molar-refractivity contribution in [3.05, 3.63) is 0 Å². The third-order valence-corrected chi connectivity index (χ3v) is 5.67. The summed E-state index contributed by atoms with van der Waals surface area (Å²) in [4.78, 5) is 24.5. The number of aliphatic hydroxyl groups excluding tert-OH is 3. The highest BCUT2D eigenvalue weighted by atomic mass is 16.5. The Balaban J connectivity index is 4.46. The number of carbonyl (C=O) groups excluding carboxylic acids is 2. The second-order valence-corrected chi connectivity index (χ2v) is 12.2. The van der Waals surface area contributed by atoms with Crippen LogP contribution in [0.25, 0.3) is 0 Å². The van der Waals surface area contributed by atoms with Gasteiger partial charge in [0.25, 0.3) is 5.91 Å². The van der Waals surface area contributed by atoms with Crippen LogP contribution in [0.4, 0.5) is 0 Å². The third-order valence-electron chi connectivity index (χ3n) is 5.67. The molecular formula is C25H50N2O6. The molecule has 33 heavy (non-hydrogen) atoms. The average molecular weight is 475 g/mol. The maximum absolute atomic E-state index is 12.4. The molecule has 0 spiro atoms. The number of carbonyl (C=O) groups is 2. The van der Waals surface area contributed by atoms with Crippen molar-refractivity contribution in [3.63, 3.8) is 0 Å². The topological polar surface area (TPSA) is 128 Å². The molecule has 0 aliphatic heterocycles. The van der Waals surface area contributed by atoms with E-state index in [4.69, 9.17) is 9.84 Å². The number of aliphatic hydroxyl groups is 3. The molecule has 0 aromatic carbocycles. The Hall–Kier alpha value is -1.22. The van der Waals surface area contributed by atoms with E-state index < -0.39 is 29.2 Å². The molecule has 2 atom stereocenters. The Kier molecular flexibility index (Phi) is 12.5. The number of amides is 2. The first kappa shape index (κ1) is 31.8. The minimum Gasteiger partial charge on any atom is -0.396 e. The fourth-order valence-corrected chi connectivity index (χ4v) is 3.19.